The van der Waals surface area contributed by atoms with Crippen molar-refractivity contribution in [3.8, 4) is 23.0 Å². The first-order valence-electron chi connectivity index (χ1n) is 9.84. The van der Waals surface area contributed by atoms with Crippen LogP contribution in [0, 0.1) is 0 Å². The first-order valence-corrected chi connectivity index (χ1v) is 9.84. The number of nitrogens with two attached hydrogens (primary N) is 1. The SMILES string of the molecule is COc1cc(OC)cc(N(c2cc(OC)cc(OC)c2)c2nc3ccccc3nc2N)c1. The molecule has 0 bridgehead atoms. The Morgan fingerprint density at radius 1 is 0.625 bits per heavy atom. The Kier molecular flexibility index (Phi) is 5.85. The molecule has 0 amide bonds. The first kappa shape index (κ1) is 21.0. The number of hydrogen-bond acceptors (Lipinski definition) is 8. The van der Waals surface area contributed by atoms with Crippen molar-refractivity contribution < 1.29 is 18.9 Å². The van der Waals surface area contributed by atoms with E-state index in [-0.39, 0.29) is 5.82 Å². The summed E-state index contributed by atoms with van der Waals surface area (Å²) >= 11 is 0. The number of aromatic nitrogens is 2. The maximum atomic E-state index is 6.40. The Morgan fingerprint density at radius 2 is 1.03 bits per heavy atom. The van der Waals surface area contributed by atoms with Crippen LogP contribution in [0.1, 0.15) is 0 Å². The maximum Gasteiger partial charge on any atom is 0.181 e. The molecule has 0 radical (unpaired) electrons. The lowest BCUT2D eigenvalue weighted by molar-refractivity contribution is 0.394. The van der Waals surface area contributed by atoms with Gasteiger partial charge in [-0.1, -0.05) is 12.1 Å². The number of rotatable bonds is 7. The lowest BCUT2D eigenvalue weighted by atomic mass is 10.2. The predicted octanol–water partition coefficient (Wildman–Crippen LogP) is 4.72. The summed E-state index contributed by atoms with van der Waals surface area (Å²) in [6, 6.07) is 18.6. The van der Waals surface area contributed by atoms with E-state index in [1.54, 1.807) is 40.6 Å². The van der Waals surface area contributed by atoms with E-state index in [9.17, 15) is 0 Å². The molecule has 4 rings (SSSR count). The largest absolute Gasteiger partial charge is 0.497 e. The summed E-state index contributed by atoms with van der Waals surface area (Å²) in [6.45, 7) is 0. The number of hydrogen-bond donors (Lipinski definition) is 1. The zero-order valence-corrected chi connectivity index (χ0v) is 18.3. The summed E-state index contributed by atoms with van der Waals surface area (Å²) in [7, 11) is 6.40. The molecular weight excluding hydrogens is 408 g/mol. The van der Waals surface area contributed by atoms with E-state index >= 15 is 0 Å². The molecule has 0 spiro atoms. The van der Waals surface area contributed by atoms with Gasteiger partial charge in [0, 0.05) is 36.4 Å². The van der Waals surface area contributed by atoms with Crippen molar-refractivity contribution in [2.24, 2.45) is 0 Å². The van der Waals surface area contributed by atoms with Crippen molar-refractivity contribution in [1.82, 2.24) is 9.97 Å². The van der Waals surface area contributed by atoms with Crippen molar-refractivity contribution in [2.45, 2.75) is 0 Å². The van der Waals surface area contributed by atoms with E-state index in [4.69, 9.17) is 29.7 Å². The molecule has 0 aliphatic heterocycles. The van der Waals surface area contributed by atoms with Crippen LogP contribution in [-0.2, 0) is 0 Å². The number of fused-ring (bicyclic) bond motifs is 1. The van der Waals surface area contributed by atoms with Crippen LogP contribution in [0.2, 0.25) is 0 Å². The summed E-state index contributed by atoms with van der Waals surface area (Å²) in [5.74, 6) is 3.19. The van der Waals surface area contributed by atoms with Crippen molar-refractivity contribution in [3.63, 3.8) is 0 Å². The number of anilines is 4. The van der Waals surface area contributed by atoms with Gasteiger partial charge in [0.15, 0.2) is 11.6 Å². The van der Waals surface area contributed by atoms with E-state index < -0.39 is 0 Å². The van der Waals surface area contributed by atoms with Crippen LogP contribution in [-0.4, -0.2) is 38.4 Å². The Bertz CT molecular complexity index is 1160. The van der Waals surface area contributed by atoms with Gasteiger partial charge < -0.3 is 24.7 Å². The van der Waals surface area contributed by atoms with Gasteiger partial charge in [-0.05, 0) is 12.1 Å². The van der Waals surface area contributed by atoms with E-state index in [0.717, 1.165) is 0 Å². The third-order valence-electron chi connectivity index (χ3n) is 4.98. The summed E-state index contributed by atoms with van der Waals surface area (Å²) in [5.41, 5.74) is 9.26. The summed E-state index contributed by atoms with van der Waals surface area (Å²) in [6.07, 6.45) is 0. The van der Waals surface area contributed by atoms with Crippen molar-refractivity contribution in [3.05, 3.63) is 60.7 Å². The molecule has 0 atom stereocenters. The highest BCUT2D eigenvalue weighted by molar-refractivity contribution is 5.87. The second-order valence-corrected chi connectivity index (χ2v) is 6.90. The highest BCUT2D eigenvalue weighted by Gasteiger charge is 2.21. The highest BCUT2D eigenvalue weighted by Crippen LogP contribution is 2.42. The van der Waals surface area contributed by atoms with Crippen molar-refractivity contribution in [2.75, 3.05) is 39.1 Å². The van der Waals surface area contributed by atoms with Crippen LogP contribution >= 0.6 is 0 Å². The third-order valence-corrected chi connectivity index (χ3v) is 4.98. The van der Waals surface area contributed by atoms with E-state index in [2.05, 4.69) is 4.98 Å². The molecule has 32 heavy (non-hydrogen) atoms. The standard InChI is InChI=1S/C24H24N4O4/c1-29-17-9-15(10-18(13-17)30-2)28(16-11-19(31-3)14-20(12-16)32-4)24-23(25)26-21-7-5-6-8-22(21)27-24/h5-14H,1-4H3,(H2,25,26). The molecule has 0 unspecified atom stereocenters. The molecule has 2 N–H and O–H groups in total. The molecule has 1 aromatic heterocycles. The van der Waals surface area contributed by atoms with Gasteiger partial charge in [0.1, 0.15) is 23.0 Å². The smallest absolute Gasteiger partial charge is 0.181 e. The monoisotopic (exact) mass is 432 g/mol. The molecule has 8 heteroatoms. The maximum absolute atomic E-state index is 6.40. The van der Waals surface area contributed by atoms with Gasteiger partial charge in [-0.2, -0.15) is 0 Å². The minimum Gasteiger partial charge on any atom is -0.497 e. The topological polar surface area (TPSA) is 92.0 Å². The zero-order chi connectivity index (χ0) is 22.7. The second kappa shape index (κ2) is 8.89. The minimum absolute atomic E-state index is 0.271. The Morgan fingerprint density at radius 3 is 1.44 bits per heavy atom. The van der Waals surface area contributed by atoms with Crippen LogP contribution in [0.3, 0.4) is 0 Å². The van der Waals surface area contributed by atoms with E-state index in [0.29, 0.717) is 51.2 Å². The molecule has 0 saturated carbocycles. The van der Waals surface area contributed by atoms with Gasteiger partial charge >= 0.3 is 0 Å². The van der Waals surface area contributed by atoms with Gasteiger partial charge in [-0.25, -0.2) is 9.97 Å². The third kappa shape index (κ3) is 4.02. The molecule has 1 heterocycles. The second-order valence-electron chi connectivity index (χ2n) is 6.90. The predicted molar refractivity (Wildman–Crippen MR) is 125 cm³/mol. The first-order chi connectivity index (χ1) is 15.6. The lowest BCUT2D eigenvalue weighted by Crippen LogP contribution is -2.15. The normalized spacial score (nSPS) is 10.6. The number of methoxy groups -OCH3 is 4. The van der Waals surface area contributed by atoms with Crippen LogP contribution in [0.5, 0.6) is 23.0 Å². The average Bonchev–Trinajstić information content (AvgIpc) is 2.83. The number of nitrogens with zero attached hydrogens (tertiary/aromatic N) is 3. The minimum atomic E-state index is 0.271. The molecule has 164 valence electrons. The van der Waals surface area contributed by atoms with Gasteiger partial charge in [0.2, 0.25) is 0 Å². The van der Waals surface area contributed by atoms with Crippen LogP contribution in [0.15, 0.2) is 60.7 Å². The van der Waals surface area contributed by atoms with E-state index in [1.807, 2.05) is 53.4 Å². The van der Waals surface area contributed by atoms with Gasteiger partial charge in [-0.3, -0.25) is 4.90 Å². The fourth-order valence-corrected chi connectivity index (χ4v) is 3.41. The fraction of sp³-hybridized carbons (Fsp3) is 0.167. The molecular formula is C24H24N4O4. The number of ether oxygens (including phenoxy) is 4. The molecule has 0 aliphatic rings. The molecule has 4 aromatic rings. The molecule has 0 saturated heterocycles. The van der Waals surface area contributed by atoms with Crippen molar-refractivity contribution in [1.29, 1.82) is 0 Å². The number of benzene rings is 3. The van der Waals surface area contributed by atoms with Crippen molar-refractivity contribution >= 4 is 34.0 Å². The quantitative estimate of drug-likeness (QED) is 0.449. The van der Waals surface area contributed by atoms with Gasteiger partial charge in [-0.15, -0.1) is 0 Å². The molecule has 0 aliphatic carbocycles. The lowest BCUT2D eigenvalue weighted by Gasteiger charge is -2.26. The van der Waals surface area contributed by atoms with Gasteiger partial charge in [0.05, 0.1) is 50.8 Å². The summed E-state index contributed by atoms with van der Waals surface area (Å²) in [4.78, 5) is 11.3. The Balaban J connectivity index is 2.01. The fourth-order valence-electron chi connectivity index (χ4n) is 3.41. The average molecular weight is 432 g/mol. The Hall–Kier alpha value is -4.20. The zero-order valence-electron chi connectivity index (χ0n) is 18.3. The van der Waals surface area contributed by atoms with Crippen LogP contribution < -0.4 is 29.6 Å². The summed E-state index contributed by atoms with van der Waals surface area (Å²) in [5, 5.41) is 0. The highest BCUT2D eigenvalue weighted by atomic mass is 16.5. The van der Waals surface area contributed by atoms with Gasteiger partial charge in [0.25, 0.3) is 0 Å². The molecule has 3 aromatic carbocycles. The summed E-state index contributed by atoms with van der Waals surface area (Å²) < 4.78 is 21.9. The number of para-hydroxylation sites is 2. The van der Waals surface area contributed by atoms with Crippen LogP contribution in [0.4, 0.5) is 23.0 Å². The number of nitrogen functional groups attached to an aromatic ring is 1. The van der Waals surface area contributed by atoms with E-state index in [1.165, 1.54) is 0 Å². The molecule has 0 fully saturated rings. The van der Waals surface area contributed by atoms with Crippen LogP contribution in [0.25, 0.3) is 11.0 Å². The molecule has 8 nitrogen and oxygen atoms in total. The Labute approximate surface area is 186 Å².